The van der Waals surface area contributed by atoms with Crippen LogP contribution < -0.4 is 4.74 Å². The number of benzene rings is 2. The van der Waals surface area contributed by atoms with Gasteiger partial charge in [0, 0.05) is 17.0 Å². The zero-order chi connectivity index (χ0) is 19.9. The van der Waals surface area contributed by atoms with Crippen LogP contribution in [0.1, 0.15) is 79.3 Å². The van der Waals surface area contributed by atoms with E-state index in [9.17, 15) is 5.11 Å². The number of phenols is 1. The first-order chi connectivity index (χ1) is 12.5. The number of hydrogen-bond donors (Lipinski definition) is 1. The van der Waals surface area contributed by atoms with E-state index >= 15 is 0 Å². The maximum Gasteiger partial charge on any atom is 0.126 e. The molecule has 0 radical (unpaired) electrons. The van der Waals surface area contributed by atoms with Crippen molar-refractivity contribution in [2.75, 3.05) is 0 Å². The molecule has 1 N–H and O–H groups in total. The molecule has 2 aromatic rings. The summed E-state index contributed by atoms with van der Waals surface area (Å²) in [4.78, 5) is 0. The Hall–Kier alpha value is -1.96. The number of aromatic hydroxyl groups is 1. The van der Waals surface area contributed by atoms with E-state index in [-0.39, 0.29) is 12.0 Å². The molecule has 1 aliphatic heterocycles. The maximum atomic E-state index is 10.8. The number of fused-ring (bicyclic) bond motifs is 1. The Morgan fingerprint density at radius 3 is 2.15 bits per heavy atom. The van der Waals surface area contributed by atoms with Gasteiger partial charge in [0.05, 0.1) is 6.10 Å². The first-order valence-corrected chi connectivity index (χ1v) is 10.1. The normalized spacial score (nSPS) is 19.5. The maximum absolute atomic E-state index is 10.8. The Bertz CT molecular complexity index is 842. The van der Waals surface area contributed by atoms with E-state index in [2.05, 4.69) is 65.8 Å². The van der Waals surface area contributed by atoms with Gasteiger partial charge in [-0.2, -0.15) is 0 Å². The zero-order valence-electron chi connectivity index (χ0n) is 17.9. The van der Waals surface area contributed by atoms with Gasteiger partial charge in [-0.1, -0.05) is 56.2 Å². The van der Waals surface area contributed by atoms with E-state index in [1.54, 1.807) is 0 Å². The third-order valence-electron chi connectivity index (χ3n) is 5.67. The van der Waals surface area contributed by atoms with Crippen molar-refractivity contribution in [2.45, 2.75) is 79.8 Å². The molecule has 0 saturated carbocycles. The van der Waals surface area contributed by atoms with Crippen molar-refractivity contribution in [2.24, 2.45) is 5.41 Å². The zero-order valence-corrected chi connectivity index (χ0v) is 17.9. The smallest absolute Gasteiger partial charge is 0.126 e. The van der Waals surface area contributed by atoms with Crippen molar-refractivity contribution >= 4 is 0 Å². The van der Waals surface area contributed by atoms with Gasteiger partial charge in [-0.05, 0) is 63.5 Å². The molecule has 27 heavy (non-hydrogen) atoms. The van der Waals surface area contributed by atoms with Crippen LogP contribution >= 0.6 is 0 Å². The number of hydrogen-bond acceptors (Lipinski definition) is 2. The van der Waals surface area contributed by atoms with Crippen LogP contribution in [0.5, 0.6) is 11.5 Å². The van der Waals surface area contributed by atoms with Crippen molar-refractivity contribution in [3.05, 3.63) is 57.6 Å². The second-order valence-electron chi connectivity index (χ2n) is 9.65. The first kappa shape index (κ1) is 19.8. The lowest BCUT2D eigenvalue weighted by molar-refractivity contribution is 0.137. The minimum absolute atomic E-state index is 0.177. The van der Waals surface area contributed by atoms with Crippen LogP contribution in [0, 0.1) is 33.1 Å². The van der Waals surface area contributed by atoms with Crippen molar-refractivity contribution in [3.8, 4) is 11.5 Å². The van der Waals surface area contributed by atoms with Crippen LogP contribution in [0.3, 0.4) is 0 Å². The molecule has 1 heterocycles. The highest BCUT2D eigenvalue weighted by atomic mass is 16.5. The molecule has 2 unspecified atom stereocenters. The van der Waals surface area contributed by atoms with Gasteiger partial charge in [-0.3, -0.25) is 0 Å². The van der Waals surface area contributed by atoms with Crippen molar-refractivity contribution in [3.63, 3.8) is 0 Å². The van der Waals surface area contributed by atoms with Gasteiger partial charge < -0.3 is 9.84 Å². The molecule has 0 aromatic heterocycles. The Kier molecular flexibility index (Phi) is 5.29. The number of phenolic OH excluding ortho intramolecular Hbond substituents is 1. The number of aryl methyl sites for hydroxylation is 4. The largest absolute Gasteiger partial charge is 0.507 e. The Morgan fingerprint density at radius 2 is 1.52 bits per heavy atom. The molecule has 0 bridgehead atoms. The lowest BCUT2D eigenvalue weighted by Crippen LogP contribution is -2.28. The summed E-state index contributed by atoms with van der Waals surface area (Å²) in [5.74, 6) is 1.64. The molecule has 0 spiro atoms. The molecule has 3 rings (SSSR count). The summed E-state index contributed by atoms with van der Waals surface area (Å²) in [6.45, 7) is 15.2. The lowest BCUT2D eigenvalue weighted by atomic mass is 9.79. The third kappa shape index (κ3) is 4.31. The van der Waals surface area contributed by atoms with Gasteiger partial charge in [0.15, 0.2) is 0 Å². The molecule has 146 valence electrons. The Morgan fingerprint density at radius 1 is 0.926 bits per heavy atom. The standard InChI is InChI=1S/C25H34O2/c1-15-10-17(3)23(26)21(12-15)20-14-19(8-9-25(5,6)7)27-24-18(4)11-16(2)13-22(20)24/h10-13,19-20,26H,8-9,14H2,1-7H3. The van der Waals surface area contributed by atoms with E-state index < -0.39 is 0 Å². The number of ether oxygens (including phenoxy) is 1. The van der Waals surface area contributed by atoms with E-state index in [1.165, 1.54) is 22.3 Å². The SMILES string of the molecule is Cc1cc(C)c(O)c(C2CC(CCC(C)(C)C)Oc3c(C)cc(C)cc32)c1. The summed E-state index contributed by atoms with van der Waals surface area (Å²) in [5, 5.41) is 10.8. The molecule has 0 aliphatic carbocycles. The molecule has 2 aromatic carbocycles. The Balaban J connectivity index is 2.07. The highest BCUT2D eigenvalue weighted by molar-refractivity contribution is 5.55. The van der Waals surface area contributed by atoms with Crippen molar-refractivity contribution in [1.82, 2.24) is 0 Å². The van der Waals surface area contributed by atoms with Crippen molar-refractivity contribution in [1.29, 1.82) is 0 Å². The molecule has 1 aliphatic rings. The van der Waals surface area contributed by atoms with Gasteiger partial charge in [0.2, 0.25) is 0 Å². The van der Waals surface area contributed by atoms with Gasteiger partial charge in [0.25, 0.3) is 0 Å². The Labute approximate surface area is 164 Å². The monoisotopic (exact) mass is 366 g/mol. The molecule has 2 atom stereocenters. The molecule has 2 nitrogen and oxygen atoms in total. The first-order valence-electron chi connectivity index (χ1n) is 10.1. The van der Waals surface area contributed by atoms with E-state index in [0.717, 1.165) is 36.1 Å². The fraction of sp³-hybridized carbons (Fsp3) is 0.520. The van der Waals surface area contributed by atoms with Gasteiger partial charge in [-0.15, -0.1) is 0 Å². The van der Waals surface area contributed by atoms with Crippen LogP contribution in [0.25, 0.3) is 0 Å². The molecular formula is C25H34O2. The second-order valence-corrected chi connectivity index (χ2v) is 9.65. The van der Waals surface area contributed by atoms with E-state index in [1.807, 2.05) is 6.92 Å². The van der Waals surface area contributed by atoms with Crippen LogP contribution in [-0.2, 0) is 0 Å². The topological polar surface area (TPSA) is 29.5 Å². The molecule has 0 saturated heterocycles. The van der Waals surface area contributed by atoms with Crippen LogP contribution in [0.4, 0.5) is 0 Å². The average molecular weight is 367 g/mol. The van der Waals surface area contributed by atoms with Gasteiger partial charge in [-0.25, -0.2) is 0 Å². The second kappa shape index (κ2) is 7.22. The van der Waals surface area contributed by atoms with Crippen molar-refractivity contribution < 1.29 is 9.84 Å². The van der Waals surface area contributed by atoms with E-state index in [0.29, 0.717) is 11.2 Å². The quantitative estimate of drug-likeness (QED) is 0.652. The summed E-state index contributed by atoms with van der Waals surface area (Å²) in [5.41, 5.74) is 7.15. The minimum atomic E-state index is 0.177. The fourth-order valence-electron chi connectivity index (χ4n) is 4.34. The summed E-state index contributed by atoms with van der Waals surface area (Å²) >= 11 is 0. The van der Waals surface area contributed by atoms with E-state index in [4.69, 9.17) is 4.74 Å². The fourth-order valence-corrected chi connectivity index (χ4v) is 4.34. The highest BCUT2D eigenvalue weighted by Gasteiger charge is 2.33. The molecule has 0 fully saturated rings. The summed E-state index contributed by atoms with van der Waals surface area (Å²) < 4.78 is 6.48. The van der Waals surface area contributed by atoms with Gasteiger partial charge >= 0.3 is 0 Å². The van der Waals surface area contributed by atoms with Gasteiger partial charge in [0.1, 0.15) is 11.5 Å². The average Bonchev–Trinajstić information content (AvgIpc) is 2.55. The highest BCUT2D eigenvalue weighted by Crippen LogP contribution is 2.47. The third-order valence-corrected chi connectivity index (χ3v) is 5.67. The predicted molar refractivity (Wildman–Crippen MR) is 113 cm³/mol. The molecular weight excluding hydrogens is 332 g/mol. The molecule has 0 amide bonds. The predicted octanol–water partition coefficient (Wildman–Crippen LogP) is 6.74. The minimum Gasteiger partial charge on any atom is -0.507 e. The lowest BCUT2D eigenvalue weighted by Gasteiger charge is -2.35. The summed E-state index contributed by atoms with van der Waals surface area (Å²) in [7, 11) is 0. The summed E-state index contributed by atoms with van der Waals surface area (Å²) in [6.07, 6.45) is 3.27. The van der Waals surface area contributed by atoms with Crippen LogP contribution in [0.2, 0.25) is 0 Å². The number of rotatable bonds is 3. The van der Waals surface area contributed by atoms with Crippen LogP contribution in [-0.4, -0.2) is 11.2 Å². The van der Waals surface area contributed by atoms with Crippen LogP contribution in [0.15, 0.2) is 24.3 Å². The summed E-state index contributed by atoms with van der Waals surface area (Å²) in [6, 6.07) is 8.64. The molecule has 2 heteroatoms.